The number of esters is 1. The van der Waals surface area contributed by atoms with Crippen molar-refractivity contribution in [3.8, 4) is 0 Å². The van der Waals surface area contributed by atoms with Crippen LogP contribution >= 0.6 is 0 Å². The van der Waals surface area contributed by atoms with Gasteiger partial charge in [0.15, 0.2) is 0 Å². The minimum absolute atomic E-state index is 0.106. The van der Waals surface area contributed by atoms with Crippen LogP contribution in [0.3, 0.4) is 0 Å². The second-order valence-electron chi connectivity index (χ2n) is 3.10. The molecular weight excluding hydrogens is 172 g/mol. The minimum Gasteiger partial charge on any atom is -0.462 e. The highest BCUT2D eigenvalue weighted by Gasteiger charge is 2.16. The van der Waals surface area contributed by atoms with Crippen molar-refractivity contribution in [2.24, 2.45) is 11.5 Å². The van der Waals surface area contributed by atoms with Crippen molar-refractivity contribution in [1.82, 2.24) is 0 Å². The lowest BCUT2D eigenvalue weighted by Crippen LogP contribution is -2.34. The first-order valence-electron chi connectivity index (χ1n) is 4.18. The Morgan fingerprint density at radius 2 is 1.92 bits per heavy atom. The molecule has 0 aromatic heterocycles. The highest BCUT2D eigenvalue weighted by atomic mass is 16.5. The summed E-state index contributed by atoms with van der Waals surface area (Å²) in [5, 5.41) is 0. The molecule has 0 aliphatic carbocycles. The van der Waals surface area contributed by atoms with E-state index in [2.05, 4.69) is 0 Å². The van der Waals surface area contributed by atoms with E-state index in [1.54, 1.807) is 13.8 Å². The van der Waals surface area contributed by atoms with Gasteiger partial charge in [0.25, 0.3) is 0 Å². The average molecular weight is 188 g/mol. The molecule has 0 unspecified atom stereocenters. The van der Waals surface area contributed by atoms with Gasteiger partial charge in [-0.15, -0.1) is 0 Å². The maximum atomic E-state index is 11.1. The Bertz CT molecular complexity index is 192. The third kappa shape index (κ3) is 6.10. The highest BCUT2D eigenvalue weighted by Crippen LogP contribution is 1.99. The molecule has 0 bridgehead atoms. The fourth-order valence-electron chi connectivity index (χ4n) is 0.735. The average Bonchev–Trinajstić information content (AvgIpc) is 1.98. The zero-order chi connectivity index (χ0) is 10.4. The molecular formula is C8H16N2O3. The Balaban J connectivity index is 3.76. The smallest absolute Gasteiger partial charge is 0.323 e. The van der Waals surface area contributed by atoms with Crippen LogP contribution in [0.25, 0.3) is 0 Å². The molecule has 76 valence electrons. The quantitative estimate of drug-likeness (QED) is 0.570. The van der Waals surface area contributed by atoms with Gasteiger partial charge in [0, 0.05) is 6.42 Å². The van der Waals surface area contributed by atoms with E-state index in [-0.39, 0.29) is 18.9 Å². The maximum absolute atomic E-state index is 11.1. The Labute approximate surface area is 77.4 Å². The monoisotopic (exact) mass is 188 g/mol. The van der Waals surface area contributed by atoms with Crippen molar-refractivity contribution < 1.29 is 14.3 Å². The molecule has 0 saturated heterocycles. The number of rotatable bonds is 5. The first kappa shape index (κ1) is 11.9. The number of primary amides is 1. The van der Waals surface area contributed by atoms with Crippen LogP contribution in [0.1, 0.15) is 26.7 Å². The second-order valence-corrected chi connectivity index (χ2v) is 3.10. The number of nitrogens with two attached hydrogens (primary N) is 2. The van der Waals surface area contributed by atoms with Crippen LogP contribution in [-0.2, 0) is 14.3 Å². The predicted octanol–water partition coefficient (Wildman–Crippen LogP) is -0.469. The standard InChI is InChI=1S/C8H16N2O3/c1-5(2)13-8(12)6(9)3-4-7(10)11/h5-6H,3-4,9H2,1-2H3,(H2,10,11)/t6-/m1/s1. The molecule has 0 saturated carbocycles. The van der Waals surface area contributed by atoms with Gasteiger partial charge < -0.3 is 16.2 Å². The van der Waals surface area contributed by atoms with Crippen molar-refractivity contribution >= 4 is 11.9 Å². The summed E-state index contributed by atoms with van der Waals surface area (Å²) >= 11 is 0. The zero-order valence-electron chi connectivity index (χ0n) is 7.95. The molecule has 13 heavy (non-hydrogen) atoms. The lowest BCUT2D eigenvalue weighted by molar-refractivity contribution is -0.149. The summed E-state index contributed by atoms with van der Waals surface area (Å²) in [5.74, 6) is -0.955. The molecule has 5 heteroatoms. The summed E-state index contributed by atoms with van der Waals surface area (Å²) in [4.78, 5) is 21.4. The van der Waals surface area contributed by atoms with Gasteiger partial charge in [-0.2, -0.15) is 0 Å². The largest absolute Gasteiger partial charge is 0.462 e. The molecule has 1 atom stereocenters. The number of hydrogen-bond acceptors (Lipinski definition) is 4. The molecule has 0 heterocycles. The van der Waals surface area contributed by atoms with E-state index < -0.39 is 17.9 Å². The molecule has 0 fully saturated rings. The summed E-state index contributed by atoms with van der Waals surface area (Å²) in [6.45, 7) is 3.47. The van der Waals surface area contributed by atoms with Gasteiger partial charge in [-0.3, -0.25) is 9.59 Å². The van der Waals surface area contributed by atoms with Crippen molar-refractivity contribution in [3.63, 3.8) is 0 Å². The minimum atomic E-state index is -0.755. The molecule has 0 aliphatic heterocycles. The predicted molar refractivity (Wildman–Crippen MR) is 47.6 cm³/mol. The van der Waals surface area contributed by atoms with E-state index in [1.165, 1.54) is 0 Å². The van der Waals surface area contributed by atoms with Gasteiger partial charge in [0.05, 0.1) is 6.10 Å². The number of hydrogen-bond donors (Lipinski definition) is 2. The van der Waals surface area contributed by atoms with Gasteiger partial charge >= 0.3 is 5.97 Å². The summed E-state index contributed by atoms with van der Waals surface area (Å²) < 4.78 is 4.83. The van der Waals surface area contributed by atoms with Crippen molar-refractivity contribution in [2.45, 2.75) is 38.8 Å². The van der Waals surface area contributed by atoms with Crippen LogP contribution in [0.5, 0.6) is 0 Å². The lowest BCUT2D eigenvalue weighted by atomic mass is 10.1. The lowest BCUT2D eigenvalue weighted by Gasteiger charge is -2.12. The second kappa shape index (κ2) is 5.53. The topological polar surface area (TPSA) is 95.4 Å². The Kier molecular flexibility index (Phi) is 5.06. The van der Waals surface area contributed by atoms with Crippen molar-refractivity contribution in [2.75, 3.05) is 0 Å². The summed E-state index contributed by atoms with van der Waals surface area (Å²) in [6.07, 6.45) is 0.155. The molecule has 0 aromatic rings. The maximum Gasteiger partial charge on any atom is 0.323 e. The van der Waals surface area contributed by atoms with Crippen LogP contribution in [-0.4, -0.2) is 24.0 Å². The number of carbonyl (C=O) groups is 2. The fourth-order valence-corrected chi connectivity index (χ4v) is 0.735. The highest BCUT2D eigenvalue weighted by molar-refractivity contribution is 5.78. The molecule has 0 rings (SSSR count). The first-order valence-corrected chi connectivity index (χ1v) is 4.18. The van der Waals surface area contributed by atoms with Gasteiger partial charge in [0.2, 0.25) is 5.91 Å². The Hall–Kier alpha value is -1.10. The summed E-state index contributed by atoms with van der Waals surface area (Å²) in [7, 11) is 0. The summed E-state index contributed by atoms with van der Waals surface area (Å²) in [6, 6.07) is -0.755. The van der Waals surface area contributed by atoms with E-state index in [0.717, 1.165) is 0 Å². The number of ether oxygens (including phenoxy) is 1. The molecule has 0 radical (unpaired) electrons. The Morgan fingerprint density at radius 3 is 2.31 bits per heavy atom. The zero-order valence-corrected chi connectivity index (χ0v) is 7.95. The van der Waals surface area contributed by atoms with Crippen LogP contribution in [0.4, 0.5) is 0 Å². The van der Waals surface area contributed by atoms with Crippen molar-refractivity contribution in [3.05, 3.63) is 0 Å². The van der Waals surface area contributed by atoms with E-state index in [1.807, 2.05) is 0 Å². The van der Waals surface area contributed by atoms with E-state index in [4.69, 9.17) is 16.2 Å². The Morgan fingerprint density at radius 1 is 1.38 bits per heavy atom. The van der Waals surface area contributed by atoms with Crippen LogP contribution in [0, 0.1) is 0 Å². The third-order valence-corrected chi connectivity index (χ3v) is 1.36. The fraction of sp³-hybridized carbons (Fsp3) is 0.750. The van der Waals surface area contributed by atoms with Crippen LogP contribution in [0.15, 0.2) is 0 Å². The molecule has 0 aromatic carbocycles. The molecule has 5 nitrogen and oxygen atoms in total. The number of amides is 1. The van der Waals surface area contributed by atoms with E-state index in [0.29, 0.717) is 0 Å². The van der Waals surface area contributed by atoms with Crippen LogP contribution in [0.2, 0.25) is 0 Å². The molecule has 0 aliphatic rings. The van der Waals surface area contributed by atoms with Gasteiger partial charge in [0.1, 0.15) is 6.04 Å². The SMILES string of the molecule is CC(C)OC(=O)[C@H](N)CCC(N)=O. The van der Waals surface area contributed by atoms with Crippen LogP contribution < -0.4 is 11.5 Å². The van der Waals surface area contributed by atoms with Gasteiger partial charge in [-0.25, -0.2) is 0 Å². The van der Waals surface area contributed by atoms with E-state index in [9.17, 15) is 9.59 Å². The molecule has 1 amide bonds. The molecule has 0 spiro atoms. The normalized spacial score (nSPS) is 12.6. The van der Waals surface area contributed by atoms with Crippen molar-refractivity contribution in [1.29, 1.82) is 0 Å². The summed E-state index contributed by atoms with van der Waals surface area (Å²) in [5.41, 5.74) is 10.3. The first-order chi connectivity index (χ1) is 5.93. The van der Waals surface area contributed by atoms with Gasteiger partial charge in [-0.1, -0.05) is 0 Å². The molecule has 4 N–H and O–H groups in total. The van der Waals surface area contributed by atoms with E-state index >= 15 is 0 Å². The number of carbonyl (C=O) groups excluding carboxylic acids is 2. The third-order valence-electron chi connectivity index (χ3n) is 1.36. The van der Waals surface area contributed by atoms with Gasteiger partial charge in [-0.05, 0) is 20.3 Å².